The lowest BCUT2D eigenvalue weighted by Crippen LogP contribution is -1.93. The molecule has 17 heavy (non-hydrogen) atoms. The zero-order chi connectivity index (χ0) is 12.3. The second-order valence-corrected chi connectivity index (χ2v) is 5.32. The number of nitro groups is 1. The number of benzene rings is 1. The van der Waals surface area contributed by atoms with Crippen LogP contribution < -0.4 is 0 Å². The molecule has 90 valence electrons. The average Bonchev–Trinajstić information content (AvgIpc) is 2.76. The highest BCUT2D eigenvalue weighted by atomic mass is 32.2. The molecule has 0 fully saturated rings. The van der Waals surface area contributed by atoms with E-state index in [1.54, 1.807) is 11.6 Å². The van der Waals surface area contributed by atoms with Crippen molar-refractivity contribution in [1.29, 1.82) is 0 Å². The van der Waals surface area contributed by atoms with E-state index in [2.05, 4.69) is 4.98 Å². The van der Waals surface area contributed by atoms with E-state index in [0.717, 1.165) is 4.70 Å². The zero-order valence-electron chi connectivity index (χ0n) is 8.83. The molecule has 1 heterocycles. The van der Waals surface area contributed by atoms with Crippen molar-refractivity contribution in [1.82, 2.24) is 4.98 Å². The molecule has 0 aliphatic carbocycles. The number of aliphatic hydroxyl groups excluding tert-OH is 1. The van der Waals surface area contributed by atoms with Crippen molar-refractivity contribution in [3.05, 3.63) is 27.8 Å². The molecule has 1 N–H and O–H groups in total. The summed E-state index contributed by atoms with van der Waals surface area (Å²) in [5.74, 6) is 0.660. The van der Waals surface area contributed by atoms with Crippen LogP contribution in [0.4, 0.5) is 5.69 Å². The fraction of sp³-hybridized carbons (Fsp3) is 0.300. The normalized spacial score (nSPS) is 10.9. The van der Waals surface area contributed by atoms with Crippen LogP contribution in [0.5, 0.6) is 0 Å². The lowest BCUT2D eigenvalue weighted by Gasteiger charge is -2.02. The number of thioether (sulfide) groups is 1. The lowest BCUT2D eigenvalue weighted by atomic mass is 10.3. The SMILES string of the molecule is O=[N+]([O-])c1c(SCCCO)ccc2scnc12. The van der Waals surface area contributed by atoms with Crippen molar-refractivity contribution < 1.29 is 10.0 Å². The molecule has 0 spiro atoms. The Hall–Kier alpha value is -1.18. The molecule has 0 saturated carbocycles. The third-order valence-electron chi connectivity index (χ3n) is 2.18. The Balaban J connectivity index is 2.39. The minimum Gasteiger partial charge on any atom is -0.396 e. The smallest absolute Gasteiger partial charge is 0.309 e. The summed E-state index contributed by atoms with van der Waals surface area (Å²) < 4.78 is 0.822. The highest BCUT2D eigenvalue weighted by Gasteiger charge is 2.20. The third-order valence-corrected chi connectivity index (χ3v) is 4.11. The first-order valence-corrected chi connectivity index (χ1v) is 6.85. The predicted molar refractivity (Wildman–Crippen MR) is 68.7 cm³/mol. The number of nitrogens with zero attached hydrogens (tertiary/aromatic N) is 2. The molecule has 0 unspecified atom stereocenters. The first-order chi connectivity index (χ1) is 8.24. The lowest BCUT2D eigenvalue weighted by molar-refractivity contribution is -0.386. The van der Waals surface area contributed by atoms with Crippen molar-refractivity contribution in [2.45, 2.75) is 11.3 Å². The topological polar surface area (TPSA) is 76.3 Å². The van der Waals surface area contributed by atoms with Gasteiger partial charge in [-0.2, -0.15) is 0 Å². The number of fused-ring (bicyclic) bond motifs is 1. The van der Waals surface area contributed by atoms with Gasteiger partial charge in [-0.05, 0) is 18.6 Å². The first kappa shape index (κ1) is 12.3. The molecule has 0 aliphatic rings. The average molecular weight is 270 g/mol. The second-order valence-electron chi connectivity index (χ2n) is 3.29. The minimum atomic E-state index is -0.386. The van der Waals surface area contributed by atoms with E-state index >= 15 is 0 Å². The molecule has 0 atom stereocenters. The van der Waals surface area contributed by atoms with Gasteiger partial charge in [-0.3, -0.25) is 10.1 Å². The Bertz CT molecular complexity index is 541. The number of rotatable bonds is 5. The van der Waals surface area contributed by atoms with Gasteiger partial charge in [0.2, 0.25) is 0 Å². The largest absolute Gasteiger partial charge is 0.396 e. The first-order valence-electron chi connectivity index (χ1n) is 4.98. The number of hydrogen-bond acceptors (Lipinski definition) is 6. The van der Waals surface area contributed by atoms with E-state index in [-0.39, 0.29) is 17.2 Å². The maximum atomic E-state index is 11.1. The van der Waals surface area contributed by atoms with Crippen molar-refractivity contribution in [3.8, 4) is 0 Å². The number of hydrogen-bond donors (Lipinski definition) is 1. The standard InChI is InChI=1S/C10H10N2O3S2/c13-4-1-5-16-8-3-2-7-9(11-6-17-7)10(8)12(14)15/h2-3,6,13H,1,4-5H2. The van der Waals surface area contributed by atoms with Gasteiger partial charge in [-0.1, -0.05) is 0 Å². The van der Waals surface area contributed by atoms with Crippen molar-refractivity contribution in [3.63, 3.8) is 0 Å². The summed E-state index contributed by atoms with van der Waals surface area (Å²) in [7, 11) is 0. The highest BCUT2D eigenvalue weighted by Crippen LogP contribution is 2.36. The van der Waals surface area contributed by atoms with Crippen molar-refractivity contribution in [2.24, 2.45) is 0 Å². The van der Waals surface area contributed by atoms with E-state index in [1.165, 1.54) is 23.1 Å². The third kappa shape index (κ3) is 2.56. The molecule has 0 radical (unpaired) electrons. The van der Waals surface area contributed by atoms with E-state index in [4.69, 9.17) is 5.11 Å². The molecule has 0 bridgehead atoms. The van der Waals surface area contributed by atoms with Crippen LogP contribution in [0, 0.1) is 10.1 Å². The fourth-order valence-electron chi connectivity index (χ4n) is 1.44. The summed E-state index contributed by atoms with van der Waals surface area (Å²) in [6, 6.07) is 3.60. The molecular weight excluding hydrogens is 260 g/mol. The van der Waals surface area contributed by atoms with E-state index in [1.807, 2.05) is 6.07 Å². The molecule has 7 heteroatoms. The summed E-state index contributed by atoms with van der Waals surface area (Å²) in [5, 5.41) is 19.8. The Morgan fingerprint density at radius 1 is 1.53 bits per heavy atom. The van der Waals surface area contributed by atoms with E-state index in [0.29, 0.717) is 22.6 Å². The monoisotopic (exact) mass is 270 g/mol. The van der Waals surface area contributed by atoms with Crippen LogP contribution in [0.2, 0.25) is 0 Å². The number of nitro benzene ring substituents is 1. The summed E-state index contributed by atoms with van der Waals surface area (Å²) in [6.45, 7) is 0.0970. The van der Waals surface area contributed by atoms with Gasteiger partial charge in [0.25, 0.3) is 0 Å². The van der Waals surface area contributed by atoms with Crippen LogP contribution in [-0.2, 0) is 0 Å². The van der Waals surface area contributed by atoms with Crippen LogP contribution in [0.3, 0.4) is 0 Å². The summed E-state index contributed by atoms with van der Waals surface area (Å²) in [4.78, 5) is 15.3. The van der Waals surface area contributed by atoms with Crippen molar-refractivity contribution in [2.75, 3.05) is 12.4 Å². The molecule has 2 rings (SSSR count). The maximum absolute atomic E-state index is 11.1. The van der Waals surface area contributed by atoms with Crippen LogP contribution in [-0.4, -0.2) is 27.4 Å². The second kappa shape index (κ2) is 5.44. The quantitative estimate of drug-likeness (QED) is 0.391. The zero-order valence-corrected chi connectivity index (χ0v) is 10.5. The summed E-state index contributed by atoms with van der Waals surface area (Å²) in [5.41, 5.74) is 2.14. The van der Waals surface area contributed by atoms with Gasteiger partial charge >= 0.3 is 5.69 Å². The Morgan fingerprint density at radius 2 is 2.35 bits per heavy atom. The van der Waals surface area contributed by atoms with Gasteiger partial charge in [0.05, 0.1) is 20.0 Å². The number of aliphatic hydroxyl groups is 1. The van der Waals surface area contributed by atoms with Gasteiger partial charge in [0.1, 0.15) is 0 Å². The van der Waals surface area contributed by atoms with Gasteiger partial charge in [0.15, 0.2) is 5.52 Å². The molecule has 1 aromatic carbocycles. The van der Waals surface area contributed by atoms with Gasteiger partial charge in [-0.15, -0.1) is 23.1 Å². The highest BCUT2D eigenvalue weighted by molar-refractivity contribution is 7.99. The van der Waals surface area contributed by atoms with E-state index in [9.17, 15) is 10.1 Å². The maximum Gasteiger partial charge on any atom is 0.309 e. The van der Waals surface area contributed by atoms with Gasteiger partial charge < -0.3 is 5.11 Å². The van der Waals surface area contributed by atoms with Crippen molar-refractivity contribution >= 4 is 39.0 Å². The summed E-state index contributed by atoms with van der Waals surface area (Å²) >= 11 is 2.77. The molecular formula is C10H10N2O3S2. The van der Waals surface area contributed by atoms with Crippen LogP contribution in [0.25, 0.3) is 10.2 Å². The van der Waals surface area contributed by atoms with Gasteiger partial charge in [0, 0.05) is 12.4 Å². The molecule has 0 saturated heterocycles. The minimum absolute atomic E-state index is 0.0756. The molecule has 0 amide bonds. The fourth-order valence-corrected chi connectivity index (χ4v) is 3.08. The Kier molecular flexibility index (Phi) is 3.93. The van der Waals surface area contributed by atoms with Gasteiger partial charge in [-0.25, -0.2) is 4.98 Å². The molecule has 5 nitrogen and oxygen atoms in total. The number of aromatic nitrogens is 1. The number of thiazole rings is 1. The Labute approximate surface area is 106 Å². The van der Waals surface area contributed by atoms with Crippen LogP contribution in [0.1, 0.15) is 6.42 Å². The van der Waals surface area contributed by atoms with Crippen LogP contribution in [0.15, 0.2) is 22.5 Å². The Morgan fingerprint density at radius 3 is 3.06 bits per heavy atom. The predicted octanol–water partition coefficient (Wildman–Crippen LogP) is 2.68. The molecule has 2 aromatic rings. The van der Waals surface area contributed by atoms with Crippen LogP contribution >= 0.6 is 23.1 Å². The molecule has 1 aromatic heterocycles. The van der Waals surface area contributed by atoms with E-state index < -0.39 is 0 Å². The molecule has 0 aliphatic heterocycles. The summed E-state index contributed by atoms with van der Waals surface area (Å²) in [6.07, 6.45) is 0.622.